The van der Waals surface area contributed by atoms with E-state index >= 15 is 0 Å². The molecule has 0 bridgehead atoms. The summed E-state index contributed by atoms with van der Waals surface area (Å²) in [6.45, 7) is 14.1. The number of aryl methyl sites for hydroxylation is 1. The molecular formula is C24H27F4N3O. The number of benzene rings is 2. The standard InChI is InChI=1S/C20H15F4N3O.2C2H6/c1-4-17(28)12-5-6-15(10(2)7-12)25-11(3)20(23,24)19-26-16-9-13(21)8-14(22)18(16)27-19;2*1-2/h4-9H,1H2,2-3H3,(H,26,27);2*1-2H3. The zero-order chi connectivity index (χ0) is 24.6. The summed E-state index contributed by atoms with van der Waals surface area (Å²) >= 11 is 0. The number of halogens is 4. The number of nitrogens with zero attached hydrogens (tertiary/aromatic N) is 2. The fourth-order valence-corrected chi connectivity index (χ4v) is 2.67. The van der Waals surface area contributed by atoms with E-state index < -0.39 is 29.1 Å². The molecule has 4 nitrogen and oxygen atoms in total. The number of alkyl halides is 2. The lowest BCUT2D eigenvalue weighted by molar-refractivity contribution is 0.0662. The summed E-state index contributed by atoms with van der Waals surface area (Å²) in [4.78, 5) is 21.4. The quantitative estimate of drug-likeness (QED) is 0.190. The number of hydrogen-bond donors (Lipinski definition) is 1. The molecule has 2 aromatic carbocycles. The molecule has 32 heavy (non-hydrogen) atoms. The first-order valence-electron chi connectivity index (χ1n) is 10.2. The predicted molar refractivity (Wildman–Crippen MR) is 121 cm³/mol. The normalized spacial score (nSPS) is 11.2. The molecule has 0 aliphatic carbocycles. The summed E-state index contributed by atoms with van der Waals surface area (Å²) in [7, 11) is 0. The first-order valence-corrected chi connectivity index (χ1v) is 10.2. The maximum atomic E-state index is 14.8. The minimum atomic E-state index is -3.65. The molecule has 0 saturated heterocycles. The second-order valence-electron chi connectivity index (χ2n) is 6.21. The van der Waals surface area contributed by atoms with Crippen molar-refractivity contribution in [1.29, 1.82) is 0 Å². The SMILES string of the molecule is C=CC(=O)c1ccc(N=C(C)C(F)(F)c2nc3c(F)cc(F)cc3[nH]2)c(C)c1.CC.CC. The second kappa shape index (κ2) is 11.4. The summed E-state index contributed by atoms with van der Waals surface area (Å²) < 4.78 is 56.6. The van der Waals surface area contributed by atoms with Crippen LogP contribution in [-0.4, -0.2) is 21.5 Å². The van der Waals surface area contributed by atoms with Crippen molar-refractivity contribution in [3.05, 3.63) is 71.6 Å². The van der Waals surface area contributed by atoms with Gasteiger partial charge in [0.2, 0.25) is 0 Å². The molecule has 1 N–H and O–H groups in total. The number of fused-ring (bicyclic) bond motifs is 1. The van der Waals surface area contributed by atoms with Crippen LogP contribution in [0.4, 0.5) is 23.2 Å². The monoisotopic (exact) mass is 449 g/mol. The molecule has 0 aliphatic rings. The fraction of sp³-hybridized carbons (Fsp3) is 0.292. The molecule has 0 fully saturated rings. The predicted octanol–water partition coefficient (Wildman–Crippen LogP) is 7.46. The first-order chi connectivity index (χ1) is 15.1. The third kappa shape index (κ3) is 5.69. The number of allylic oxidation sites excluding steroid dienone is 1. The number of aliphatic imine (C=N–C) groups is 1. The maximum Gasteiger partial charge on any atom is 0.342 e. The lowest BCUT2D eigenvalue weighted by Gasteiger charge is -2.14. The van der Waals surface area contributed by atoms with Gasteiger partial charge < -0.3 is 4.98 Å². The smallest absolute Gasteiger partial charge is 0.336 e. The Morgan fingerprint density at radius 1 is 1.12 bits per heavy atom. The van der Waals surface area contributed by atoms with Crippen LogP contribution < -0.4 is 0 Å². The minimum Gasteiger partial charge on any atom is -0.336 e. The number of aromatic amines is 1. The highest BCUT2D eigenvalue weighted by atomic mass is 19.3. The van der Waals surface area contributed by atoms with Gasteiger partial charge in [-0.05, 0) is 49.8 Å². The number of rotatable bonds is 5. The molecule has 0 radical (unpaired) electrons. The molecule has 0 unspecified atom stereocenters. The Bertz CT molecular complexity index is 1130. The van der Waals surface area contributed by atoms with Gasteiger partial charge in [0.25, 0.3) is 0 Å². The Morgan fingerprint density at radius 2 is 1.75 bits per heavy atom. The van der Waals surface area contributed by atoms with Gasteiger partial charge in [0.1, 0.15) is 11.3 Å². The zero-order valence-electron chi connectivity index (χ0n) is 19.0. The maximum absolute atomic E-state index is 14.8. The van der Waals surface area contributed by atoms with Crippen LogP contribution >= 0.6 is 0 Å². The van der Waals surface area contributed by atoms with Crippen LogP contribution in [0.2, 0.25) is 0 Å². The van der Waals surface area contributed by atoms with E-state index in [9.17, 15) is 22.4 Å². The third-order valence-electron chi connectivity index (χ3n) is 4.21. The van der Waals surface area contributed by atoms with Crippen molar-refractivity contribution in [2.75, 3.05) is 0 Å². The van der Waals surface area contributed by atoms with Gasteiger partial charge in [0, 0.05) is 11.6 Å². The lowest BCUT2D eigenvalue weighted by Crippen LogP contribution is -2.25. The van der Waals surface area contributed by atoms with E-state index in [0.717, 1.165) is 19.1 Å². The summed E-state index contributed by atoms with van der Waals surface area (Å²) in [6, 6.07) is 5.88. The molecule has 3 aromatic rings. The summed E-state index contributed by atoms with van der Waals surface area (Å²) in [6.07, 6.45) is 1.15. The molecule has 0 saturated carbocycles. The molecule has 3 rings (SSSR count). The van der Waals surface area contributed by atoms with Crippen molar-refractivity contribution in [3.63, 3.8) is 0 Å². The zero-order valence-corrected chi connectivity index (χ0v) is 19.0. The number of carbonyl (C=O) groups is 1. The Balaban J connectivity index is 0.00000121. The summed E-state index contributed by atoms with van der Waals surface area (Å²) in [5, 5.41) is 0. The van der Waals surface area contributed by atoms with Crippen LogP contribution in [0.15, 0.2) is 48.0 Å². The highest BCUT2D eigenvalue weighted by molar-refractivity contribution is 6.04. The van der Waals surface area contributed by atoms with Gasteiger partial charge in [0.05, 0.1) is 16.9 Å². The van der Waals surface area contributed by atoms with Crippen LogP contribution in [0.25, 0.3) is 11.0 Å². The van der Waals surface area contributed by atoms with Crippen LogP contribution in [0.5, 0.6) is 0 Å². The topological polar surface area (TPSA) is 58.1 Å². The van der Waals surface area contributed by atoms with Crippen molar-refractivity contribution in [1.82, 2.24) is 9.97 Å². The Kier molecular flexibility index (Phi) is 9.50. The Hall–Kier alpha value is -3.29. The third-order valence-corrected chi connectivity index (χ3v) is 4.21. The largest absolute Gasteiger partial charge is 0.342 e. The van der Waals surface area contributed by atoms with Crippen molar-refractivity contribution >= 4 is 28.2 Å². The van der Waals surface area contributed by atoms with Gasteiger partial charge in [-0.2, -0.15) is 8.78 Å². The average molecular weight is 449 g/mol. The molecule has 0 amide bonds. The number of H-pyrrole nitrogens is 1. The first kappa shape index (κ1) is 26.7. The van der Waals surface area contributed by atoms with Crippen molar-refractivity contribution in [2.45, 2.75) is 47.5 Å². The fourth-order valence-electron chi connectivity index (χ4n) is 2.67. The molecule has 1 heterocycles. The molecule has 8 heteroatoms. The van der Waals surface area contributed by atoms with E-state index in [2.05, 4.69) is 21.5 Å². The Labute approximate surface area is 185 Å². The van der Waals surface area contributed by atoms with Crippen LogP contribution in [0.1, 0.15) is 56.4 Å². The van der Waals surface area contributed by atoms with Crippen LogP contribution in [0, 0.1) is 18.6 Å². The van der Waals surface area contributed by atoms with E-state index in [1.807, 2.05) is 27.7 Å². The number of nitrogens with one attached hydrogen (secondary N) is 1. The van der Waals surface area contributed by atoms with Gasteiger partial charge in [-0.25, -0.2) is 13.8 Å². The second-order valence-corrected chi connectivity index (χ2v) is 6.21. The van der Waals surface area contributed by atoms with Gasteiger partial charge in [-0.3, -0.25) is 9.79 Å². The number of carbonyl (C=O) groups excluding carboxylic acids is 1. The average Bonchev–Trinajstić information content (AvgIpc) is 3.22. The van der Waals surface area contributed by atoms with E-state index in [-0.39, 0.29) is 22.5 Å². The molecule has 1 aromatic heterocycles. The van der Waals surface area contributed by atoms with Crippen molar-refractivity contribution in [2.24, 2.45) is 4.99 Å². The Morgan fingerprint density at radius 3 is 2.31 bits per heavy atom. The number of aromatic nitrogens is 2. The van der Waals surface area contributed by atoms with Gasteiger partial charge in [0.15, 0.2) is 17.4 Å². The van der Waals surface area contributed by atoms with E-state index in [1.54, 1.807) is 6.92 Å². The molecule has 0 spiro atoms. The van der Waals surface area contributed by atoms with E-state index in [1.165, 1.54) is 18.2 Å². The van der Waals surface area contributed by atoms with Gasteiger partial charge >= 0.3 is 5.92 Å². The van der Waals surface area contributed by atoms with Crippen molar-refractivity contribution < 1.29 is 22.4 Å². The molecule has 0 aliphatic heterocycles. The minimum absolute atomic E-state index is 0.177. The number of hydrogen-bond acceptors (Lipinski definition) is 3. The summed E-state index contributed by atoms with van der Waals surface area (Å²) in [5.41, 5.74) is -0.0357. The van der Waals surface area contributed by atoms with Gasteiger partial charge in [-0.15, -0.1) is 0 Å². The molecular weight excluding hydrogens is 422 g/mol. The summed E-state index contributed by atoms with van der Waals surface area (Å²) in [5.74, 6) is -6.73. The van der Waals surface area contributed by atoms with E-state index in [0.29, 0.717) is 17.2 Å². The van der Waals surface area contributed by atoms with Crippen molar-refractivity contribution in [3.8, 4) is 0 Å². The number of ketones is 1. The van der Waals surface area contributed by atoms with Gasteiger partial charge in [-0.1, -0.05) is 34.3 Å². The van der Waals surface area contributed by atoms with E-state index in [4.69, 9.17) is 0 Å². The lowest BCUT2D eigenvalue weighted by atomic mass is 10.1. The number of imidazole rings is 1. The molecule has 0 atom stereocenters. The van der Waals surface area contributed by atoms with Crippen LogP contribution in [0.3, 0.4) is 0 Å². The highest BCUT2D eigenvalue weighted by Crippen LogP contribution is 2.32. The highest BCUT2D eigenvalue weighted by Gasteiger charge is 2.39. The molecule has 172 valence electrons. The van der Waals surface area contributed by atoms with Crippen LogP contribution in [-0.2, 0) is 5.92 Å².